The van der Waals surface area contributed by atoms with Crippen LogP contribution in [-0.4, -0.2) is 54.1 Å². The molecule has 0 saturated heterocycles. The summed E-state index contributed by atoms with van der Waals surface area (Å²) in [6.45, 7) is -0.421. The molecule has 1 N–H and O–H groups in total. The van der Waals surface area contributed by atoms with Crippen LogP contribution in [0.15, 0.2) is 29.6 Å². The number of rotatable bonds is 9. The number of aliphatic hydroxyl groups is 1. The van der Waals surface area contributed by atoms with Gasteiger partial charge < -0.3 is 9.84 Å². The molecule has 0 amide bonds. The molecule has 1 aromatic carbocycles. The van der Waals surface area contributed by atoms with E-state index >= 15 is 0 Å². The highest BCUT2D eigenvalue weighted by atomic mass is 35.5. The SMILES string of the molecule is OCCN(CCOCC(F)(F)F)Cc1csc(-c2ccccc2Cl)n1. The molecule has 0 fully saturated rings. The average molecular weight is 395 g/mol. The van der Waals surface area contributed by atoms with E-state index in [4.69, 9.17) is 16.7 Å². The van der Waals surface area contributed by atoms with Crippen molar-refractivity contribution in [3.63, 3.8) is 0 Å². The van der Waals surface area contributed by atoms with Gasteiger partial charge in [-0.25, -0.2) is 4.98 Å². The highest BCUT2D eigenvalue weighted by Crippen LogP contribution is 2.30. The van der Waals surface area contributed by atoms with Gasteiger partial charge in [0.05, 0.1) is 23.9 Å². The van der Waals surface area contributed by atoms with E-state index in [0.29, 0.717) is 18.1 Å². The Labute approximate surface area is 152 Å². The number of aliphatic hydroxyl groups excluding tert-OH is 1. The van der Waals surface area contributed by atoms with Crippen molar-refractivity contribution in [1.82, 2.24) is 9.88 Å². The van der Waals surface area contributed by atoms with Crippen LogP contribution in [-0.2, 0) is 11.3 Å². The predicted molar refractivity (Wildman–Crippen MR) is 91.8 cm³/mol. The molecule has 0 radical (unpaired) electrons. The van der Waals surface area contributed by atoms with Gasteiger partial charge in [0.25, 0.3) is 0 Å². The standard InChI is InChI=1S/C16H18ClF3N2O2S/c17-14-4-2-1-3-13(14)15-21-12(10-25-15)9-22(5-7-23)6-8-24-11-16(18,19)20/h1-4,10,23H,5-9,11H2. The summed E-state index contributed by atoms with van der Waals surface area (Å²) in [5.74, 6) is 0. The van der Waals surface area contributed by atoms with Crippen LogP contribution in [0.25, 0.3) is 10.6 Å². The van der Waals surface area contributed by atoms with Crippen molar-refractivity contribution in [2.24, 2.45) is 0 Å². The molecular weight excluding hydrogens is 377 g/mol. The summed E-state index contributed by atoms with van der Waals surface area (Å²) in [5, 5.41) is 12.4. The first-order valence-corrected chi connectivity index (χ1v) is 8.82. The van der Waals surface area contributed by atoms with Gasteiger partial charge in [0, 0.05) is 30.6 Å². The summed E-state index contributed by atoms with van der Waals surface area (Å²) in [6.07, 6.45) is -4.33. The monoisotopic (exact) mass is 394 g/mol. The number of halogens is 4. The minimum absolute atomic E-state index is 0.0684. The topological polar surface area (TPSA) is 45.6 Å². The lowest BCUT2D eigenvalue weighted by atomic mass is 10.2. The smallest absolute Gasteiger partial charge is 0.395 e. The summed E-state index contributed by atoms with van der Waals surface area (Å²) in [6, 6.07) is 7.37. The number of alkyl halides is 3. The molecular formula is C16H18ClF3N2O2S. The van der Waals surface area contributed by atoms with Gasteiger partial charge in [-0.2, -0.15) is 13.2 Å². The van der Waals surface area contributed by atoms with Crippen LogP contribution in [0.3, 0.4) is 0 Å². The Morgan fingerprint density at radius 1 is 1.24 bits per heavy atom. The van der Waals surface area contributed by atoms with Crippen LogP contribution in [0, 0.1) is 0 Å². The first kappa shape index (κ1) is 20.1. The zero-order valence-corrected chi connectivity index (χ0v) is 14.9. The summed E-state index contributed by atoms with van der Waals surface area (Å²) < 4.78 is 40.8. The van der Waals surface area contributed by atoms with Gasteiger partial charge >= 0.3 is 6.18 Å². The maximum absolute atomic E-state index is 12.1. The maximum atomic E-state index is 12.1. The Kier molecular flexibility index (Phi) is 7.64. The van der Waals surface area contributed by atoms with Crippen molar-refractivity contribution < 1.29 is 23.0 Å². The van der Waals surface area contributed by atoms with Crippen LogP contribution in [0.4, 0.5) is 13.2 Å². The molecule has 0 bridgehead atoms. The van der Waals surface area contributed by atoms with E-state index in [2.05, 4.69) is 9.72 Å². The first-order chi connectivity index (χ1) is 11.9. The van der Waals surface area contributed by atoms with E-state index < -0.39 is 12.8 Å². The quantitative estimate of drug-likeness (QED) is 0.656. The minimum atomic E-state index is -4.33. The Morgan fingerprint density at radius 2 is 2.00 bits per heavy atom. The second-order valence-electron chi connectivity index (χ2n) is 5.29. The number of benzene rings is 1. The van der Waals surface area contributed by atoms with E-state index in [-0.39, 0.29) is 19.8 Å². The van der Waals surface area contributed by atoms with Crippen LogP contribution in [0.2, 0.25) is 5.02 Å². The normalized spacial score (nSPS) is 12.1. The fourth-order valence-corrected chi connectivity index (χ4v) is 3.29. The Morgan fingerprint density at radius 3 is 2.68 bits per heavy atom. The van der Waals surface area contributed by atoms with E-state index in [1.165, 1.54) is 11.3 Å². The van der Waals surface area contributed by atoms with Gasteiger partial charge in [0.1, 0.15) is 11.6 Å². The van der Waals surface area contributed by atoms with Gasteiger partial charge in [-0.3, -0.25) is 4.90 Å². The third-order valence-corrected chi connectivity index (χ3v) is 4.53. The molecule has 2 rings (SSSR count). The number of hydrogen-bond acceptors (Lipinski definition) is 5. The third kappa shape index (κ3) is 6.91. The summed E-state index contributed by atoms with van der Waals surface area (Å²) in [4.78, 5) is 6.31. The lowest BCUT2D eigenvalue weighted by molar-refractivity contribution is -0.174. The molecule has 4 nitrogen and oxygen atoms in total. The lowest BCUT2D eigenvalue weighted by Gasteiger charge is -2.20. The molecule has 0 aliphatic heterocycles. The fraction of sp³-hybridized carbons (Fsp3) is 0.438. The van der Waals surface area contributed by atoms with Crippen molar-refractivity contribution in [1.29, 1.82) is 0 Å². The zero-order chi connectivity index (χ0) is 18.3. The van der Waals surface area contributed by atoms with Crippen molar-refractivity contribution in [3.8, 4) is 10.6 Å². The molecule has 2 aromatic rings. The number of nitrogens with zero attached hydrogens (tertiary/aromatic N) is 2. The average Bonchev–Trinajstić information content (AvgIpc) is 2.99. The molecule has 0 saturated carbocycles. The summed E-state index contributed by atoms with van der Waals surface area (Å²) in [7, 11) is 0. The summed E-state index contributed by atoms with van der Waals surface area (Å²) in [5.41, 5.74) is 1.60. The van der Waals surface area contributed by atoms with Gasteiger partial charge in [-0.1, -0.05) is 29.8 Å². The number of hydrogen-bond donors (Lipinski definition) is 1. The fourth-order valence-electron chi connectivity index (χ4n) is 2.16. The van der Waals surface area contributed by atoms with E-state index in [1.54, 1.807) is 11.0 Å². The predicted octanol–water partition coefficient (Wildman–Crippen LogP) is 3.84. The van der Waals surface area contributed by atoms with Crippen LogP contribution in [0.1, 0.15) is 5.69 Å². The highest BCUT2D eigenvalue weighted by Gasteiger charge is 2.27. The zero-order valence-electron chi connectivity index (χ0n) is 13.3. The van der Waals surface area contributed by atoms with Crippen molar-refractivity contribution >= 4 is 22.9 Å². The summed E-state index contributed by atoms with van der Waals surface area (Å²) >= 11 is 7.60. The second-order valence-corrected chi connectivity index (χ2v) is 6.56. The Hall–Kier alpha value is -1.19. The van der Waals surface area contributed by atoms with Crippen LogP contribution in [0.5, 0.6) is 0 Å². The minimum Gasteiger partial charge on any atom is -0.395 e. The second kappa shape index (κ2) is 9.49. The largest absolute Gasteiger partial charge is 0.411 e. The van der Waals surface area contributed by atoms with E-state index in [1.807, 2.05) is 23.6 Å². The molecule has 25 heavy (non-hydrogen) atoms. The first-order valence-electron chi connectivity index (χ1n) is 7.56. The van der Waals surface area contributed by atoms with E-state index in [0.717, 1.165) is 16.3 Å². The molecule has 0 spiro atoms. The molecule has 1 aromatic heterocycles. The number of thiazole rings is 1. The number of ether oxygens (including phenoxy) is 1. The van der Waals surface area contributed by atoms with Gasteiger partial charge in [-0.15, -0.1) is 11.3 Å². The molecule has 0 aliphatic rings. The molecule has 1 heterocycles. The van der Waals surface area contributed by atoms with E-state index in [9.17, 15) is 13.2 Å². The lowest BCUT2D eigenvalue weighted by Crippen LogP contribution is -2.31. The van der Waals surface area contributed by atoms with Gasteiger partial charge in [0.15, 0.2) is 0 Å². The molecule has 9 heteroatoms. The maximum Gasteiger partial charge on any atom is 0.411 e. The highest BCUT2D eigenvalue weighted by molar-refractivity contribution is 7.13. The van der Waals surface area contributed by atoms with Crippen molar-refractivity contribution in [2.45, 2.75) is 12.7 Å². The number of aromatic nitrogens is 1. The van der Waals surface area contributed by atoms with Crippen molar-refractivity contribution in [2.75, 3.05) is 32.9 Å². The van der Waals surface area contributed by atoms with Crippen LogP contribution >= 0.6 is 22.9 Å². The Balaban J connectivity index is 1.92. The molecule has 0 unspecified atom stereocenters. The Bertz CT molecular complexity index is 667. The van der Waals surface area contributed by atoms with Gasteiger partial charge in [-0.05, 0) is 6.07 Å². The molecule has 0 atom stereocenters. The third-order valence-electron chi connectivity index (χ3n) is 3.28. The van der Waals surface area contributed by atoms with Crippen LogP contribution < -0.4 is 0 Å². The van der Waals surface area contributed by atoms with Crippen molar-refractivity contribution in [3.05, 3.63) is 40.4 Å². The molecule has 138 valence electrons. The molecule has 0 aliphatic carbocycles. The van der Waals surface area contributed by atoms with Gasteiger partial charge in [0.2, 0.25) is 0 Å².